The molecule has 7 heteroatoms. The summed E-state index contributed by atoms with van der Waals surface area (Å²) in [6.07, 6.45) is -0.170. The molecule has 1 aliphatic rings. The van der Waals surface area contributed by atoms with Crippen LogP contribution in [0.4, 0.5) is 0 Å². The second kappa shape index (κ2) is 5.45. The number of hydrogen-bond acceptors (Lipinski definition) is 5. The molecule has 0 bridgehead atoms. The summed E-state index contributed by atoms with van der Waals surface area (Å²) >= 11 is 1.53. The van der Waals surface area contributed by atoms with E-state index < -0.39 is 12.0 Å². The number of amides is 1. The minimum absolute atomic E-state index is 0.170. The van der Waals surface area contributed by atoms with Crippen molar-refractivity contribution in [3.8, 4) is 0 Å². The Labute approximate surface area is 109 Å². The molecule has 0 aliphatic carbocycles. The molecule has 0 radical (unpaired) electrons. The second-order valence-electron chi connectivity index (χ2n) is 4.26. The Morgan fingerprint density at radius 3 is 3.11 bits per heavy atom. The highest BCUT2D eigenvalue weighted by Gasteiger charge is 2.31. The average Bonchev–Trinajstić information content (AvgIpc) is 2.69. The van der Waals surface area contributed by atoms with Crippen molar-refractivity contribution in [1.82, 2.24) is 15.2 Å². The third kappa shape index (κ3) is 3.05. The molecule has 1 fully saturated rings. The van der Waals surface area contributed by atoms with Gasteiger partial charge in [-0.15, -0.1) is 11.3 Å². The van der Waals surface area contributed by atoms with Crippen LogP contribution in [0.1, 0.15) is 17.1 Å². The highest BCUT2D eigenvalue weighted by molar-refractivity contribution is 7.09. The van der Waals surface area contributed by atoms with Gasteiger partial charge in [0.2, 0.25) is 5.91 Å². The molecule has 1 aromatic rings. The van der Waals surface area contributed by atoms with Gasteiger partial charge in [0.1, 0.15) is 11.0 Å². The van der Waals surface area contributed by atoms with Gasteiger partial charge in [0, 0.05) is 24.2 Å². The number of hydrogen-bond donors (Lipinski definition) is 2. The van der Waals surface area contributed by atoms with Crippen LogP contribution in [0.15, 0.2) is 5.38 Å². The molecule has 18 heavy (non-hydrogen) atoms. The number of rotatable bonds is 4. The molecule has 0 spiro atoms. The van der Waals surface area contributed by atoms with E-state index in [2.05, 4.69) is 10.3 Å². The average molecular weight is 269 g/mol. The summed E-state index contributed by atoms with van der Waals surface area (Å²) in [4.78, 5) is 28.7. The monoisotopic (exact) mass is 269 g/mol. The molecule has 2 rings (SSSR count). The Morgan fingerprint density at radius 1 is 1.72 bits per heavy atom. The third-order valence-electron chi connectivity index (χ3n) is 2.81. The first-order chi connectivity index (χ1) is 8.56. The van der Waals surface area contributed by atoms with Crippen molar-refractivity contribution < 1.29 is 14.7 Å². The maximum Gasteiger partial charge on any atom is 0.305 e. The first-order valence-electron chi connectivity index (χ1n) is 5.71. The number of aromatic nitrogens is 1. The number of aryl methyl sites for hydroxylation is 1. The van der Waals surface area contributed by atoms with Crippen molar-refractivity contribution in [3.05, 3.63) is 16.1 Å². The number of piperazine rings is 1. The number of carboxylic acid groups (broad SMARTS) is 1. The van der Waals surface area contributed by atoms with Crippen molar-refractivity contribution in [3.63, 3.8) is 0 Å². The van der Waals surface area contributed by atoms with Crippen molar-refractivity contribution in [2.75, 3.05) is 13.1 Å². The topological polar surface area (TPSA) is 82.5 Å². The Balaban J connectivity index is 2.07. The van der Waals surface area contributed by atoms with Gasteiger partial charge in [-0.1, -0.05) is 0 Å². The maximum absolute atomic E-state index is 11.7. The Hall–Kier alpha value is -1.47. The van der Waals surface area contributed by atoms with E-state index in [0.29, 0.717) is 19.6 Å². The van der Waals surface area contributed by atoms with Gasteiger partial charge >= 0.3 is 5.97 Å². The normalized spacial score (nSPS) is 20.7. The summed E-state index contributed by atoms with van der Waals surface area (Å²) < 4.78 is 0. The number of carbonyl (C=O) groups excluding carboxylic acids is 1. The van der Waals surface area contributed by atoms with Crippen LogP contribution >= 0.6 is 11.3 Å². The van der Waals surface area contributed by atoms with Crippen LogP contribution in [-0.2, 0) is 16.1 Å². The SMILES string of the molecule is Cc1csc(CN2CCNC(=O)C2CC(=O)O)n1. The summed E-state index contributed by atoms with van der Waals surface area (Å²) in [6.45, 7) is 3.66. The fraction of sp³-hybridized carbons (Fsp3) is 0.545. The zero-order valence-corrected chi connectivity index (χ0v) is 10.9. The molecule has 1 atom stereocenters. The van der Waals surface area contributed by atoms with Gasteiger partial charge in [-0.2, -0.15) is 0 Å². The van der Waals surface area contributed by atoms with E-state index in [9.17, 15) is 9.59 Å². The lowest BCUT2D eigenvalue weighted by Gasteiger charge is -2.33. The standard InChI is InChI=1S/C11H15N3O3S/c1-7-6-18-9(13-7)5-14-3-2-12-11(17)8(14)4-10(15)16/h6,8H,2-5H2,1H3,(H,12,17)(H,15,16). The molecule has 1 unspecified atom stereocenters. The molecule has 1 aliphatic heterocycles. The highest BCUT2D eigenvalue weighted by Crippen LogP contribution is 2.16. The van der Waals surface area contributed by atoms with E-state index in [0.717, 1.165) is 10.7 Å². The van der Waals surface area contributed by atoms with Crippen molar-refractivity contribution in [2.45, 2.75) is 25.9 Å². The summed E-state index contributed by atoms with van der Waals surface area (Å²) in [5.74, 6) is -1.17. The van der Waals surface area contributed by atoms with E-state index in [1.54, 1.807) is 0 Å². The Morgan fingerprint density at radius 2 is 2.50 bits per heavy atom. The summed E-state index contributed by atoms with van der Waals surface area (Å²) in [6, 6.07) is -0.597. The number of nitrogens with one attached hydrogen (secondary N) is 1. The quantitative estimate of drug-likeness (QED) is 0.817. The third-order valence-corrected chi connectivity index (χ3v) is 3.77. The largest absolute Gasteiger partial charge is 0.481 e. The van der Waals surface area contributed by atoms with Crippen LogP contribution in [0.3, 0.4) is 0 Å². The number of thiazole rings is 1. The highest BCUT2D eigenvalue weighted by atomic mass is 32.1. The van der Waals surface area contributed by atoms with Gasteiger partial charge in [-0.05, 0) is 6.92 Å². The molecule has 2 heterocycles. The summed E-state index contributed by atoms with van der Waals surface area (Å²) in [7, 11) is 0. The fourth-order valence-electron chi connectivity index (χ4n) is 1.99. The van der Waals surface area contributed by atoms with Gasteiger partial charge in [0.15, 0.2) is 0 Å². The van der Waals surface area contributed by atoms with Crippen LogP contribution in [0, 0.1) is 6.92 Å². The molecule has 98 valence electrons. The molecule has 0 saturated carbocycles. The van der Waals surface area contributed by atoms with Gasteiger partial charge in [0.05, 0.1) is 13.0 Å². The van der Waals surface area contributed by atoms with Crippen molar-refractivity contribution >= 4 is 23.2 Å². The number of aliphatic carboxylic acids is 1. The van der Waals surface area contributed by atoms with Gasteiger partial charge in [-0.3, -0.25) is 14.5 Å². The first kappa shape index (κ1) is 13.0. The second-order valence-corrected chi connectivity index (χ2v) is 5.20. The van der Waals surface area contributed by atoms with E-state index in [1.165, 1.54) is 11.3 Å². The van der Waals surface area contributed by atoms with Crippen LogP contribution in [0.5, 0.6) is 0 Å². The van der Waals surface area contributed by atoms with Gasteiger partial charge in [-0.25, -0.2) is 4.98 Å². The lowest BCUT2D eigenvalue weighted by Crippen LogP contribution is -2.55. The van der Waals surface area contributed by atoms with Gasteiger partial charge in [0.25, 0.3) is 0 Å². The van der Waals surface area contributed by atoms with E-state index >= 15 is 0 Å². The fourth-order valence-corrected chi connectivity index (χ4v) is 2.78. The molecular weight excluding hydrogens is 254 g/mol. The van der Waals surface area contributed by atoms with E-state index in [-0.39, 0.29) is 12.3 Å². The molecule has 1 amide bonds. The molecule has 0 aromatic carbocycles. The van der Waals surface area contributed by atoms with Crippen molar-refractivity contribution in [1.29, 1.82) is 0 Å². The molecule has 6 nitrogen and oxygen atoms in total. The van der Waals surface area contributed by atoms with Crippen LogP contribution in [0.2, 0.25) is 0 Å². The van der Waals surface area contributed by atoms with Gasteiger partial charge < -0.3 is 10.4 Å². The van der Waals surface area contributed by atoms with E-state index in [4.69, 9.17) is 5.11 Å². The van der Waals surface area contributed by atoms with E-state index in [1.807, 2.05) is 17.2 Å². The first-order valence-corrected chi connectivity index (χ1v) is 6.59. The minimum atomic E-state index is -0.961. The molecule has 1 saturated heterocycles. The molecular formula is C11H15N3O3S. The zero-order valence-electron chi connectivity index (χ0n) is 10.0. The predicted molar refractivity (Wildman–Crippen MR) is 66.3 cm³/mol. The summed E-state index contributed by atoms with van der Waals surface area (Å²) in [5.41, 5.74) is 0.950. The van der Waals surface area contributed by atoms with Crippen LogP contribution in [-0.4, -0.2) is 46.0 Å². The lowest BCUT2D eigenvalue weighted by atomic mass is 10.1. The minimum Gasteiger partial charge on any atom is -0.481 e. The number of nitrogens with zero attached hydrogens (tertiary/aromatic N) is 2. The lowest BCUT2D eigenvalue weighted by molar-refractivity contribution is -0.143. The number of carboxylic acids is 1. The Kier molecular flexibility index (Phi) is 3.93. The molecule has 1 aromatic heterocycles. The van der Waals surface area contributed by atoms with Crippen LogP contribution in [0.25, 0.3) is 0 Å². The molecule has 2 N–H and O–H groups in total. The summed E-state index contributed by atoms with van der Waals surface area (Å²) in [5, 5.41) is 14.4. The Bertz CT molecular complexity index is 460. The maximum atomic E-state index is 11.7. The van der Waals surface area contributed by atoms with Crippen molar-refractivity contribution in [2.24, 2.45) is 0 Å². The van der Waals surface area contributed by atoms with Crippen LogP contribution < -0.4 is 5.32 Å². The number of carbonyl (C=O) groups is 2. The predicted octanol–water partition coefficient (Wildman–Crippen LogP) is 0.227. The zero-order chi connectivity index (χ0) is 13.1. The smallest absolute Gasteiger partial charge is 0.305 e.